The first-order valence-corrected chi connectivity index (χ1v) is 7.87. The number of aromatic nitrogens is 4. The highest BCUT2D eigenvalue weighted by molar-refractivity contribution is 6.00. The topological polar surface area (TPSA) is 87.9 Å². The molecule has 7 heteroatoms. The summed E-state index contributed by atoms with van der Waals surface area (Å²) in [6.45, 7) is 5.08. The van der Waals surface area contributed by atoms with Gasteiger partial charge in [0.15, 0.2) is 5.82 Å². The first-order chi connectivity index (χ1) is 11.6. The average Bonchev–Trinajstić information content (AvgIpc) is 3.29. The molecule has 1 N–H and O–H groups in total. The second-order valence-electron chi connectivity index (χ2n) is 6.19. The van der Waals surface area contributed by atoms with Crippen molar-refractivity contribution in [1.82, 2.24) is 25.2 Å². The van der Waals surface area contributed by atoms with Crippen LogP contribution in [0.4, 0.5) is 0 Å². The van der Waals surface area contributed by atoms with Gasteiger partial charge in [-0.2, -0.15) is 10.1 Å². The van der Waals surface area contributed by atoms with Crippen LogP contribution in [-0.2, 0) is 13.1 Å². The molecule has 3 heterocycles. The Morgan fingerprint density at radius 1 is 1.29 bits per heavy atom. The molecule has 0 saturated heterocycles. The van der Waals surface area contributed by atoms with Crippen molar-refractivity contribution in [2.75, 3.05) is 0 Å². The third kappa shape index (κ3) is 2.38. The molecule has 3 aromatic rings. The zero-order valence-corrected chi connectivity index (χ0v) is 13.5. The summed E-state index contributed by atoms with van der Waals surface area (Å²) in [4.78, 5) is 19.1. The van der Waals surface area contributed by atoms with Gasteiger partial charge in [0.05, 0.1) is 29.6 Å². The summed E-state index contributed by atoms with van der Waals surface area (Å²) in [5.74, 6) is 1.12. The maximum Gasteiger partial charge on any atom is 0.258 e. The number of aromatic amines is 1. The van der Waals surface area contributed by atoms with Gasteiger partial charge in [0.2, 0.25) is 0 Å². The minimum absolute atomic E-state index is 0.0560. The van der Waals surface area contributed by atoms with Gasteiger partial charge < -0.3 is 9.42 Å². The molecule has 4 rings (SSSR count). The van der Waals surface area contributed by atoms with Crippen LogP contribution < -0.4 is 0 Å². The van der Waals surface area contributed by atoms with Crippen molar-refractivity contribution in [3.05, 3.63) is 53.1 Å². The first-order valence-electron chi connectivity index (χ1n) is 7.87. The number of carbonyl (C=O) groups is 1. The lowest BCUT2D eigenvalue weighted by atomic mass is 10.1. The minimum atomic E-state index is -0.0560. The summed E-state index contributed by atoms with van der Waals surface area (Å²) in [7, 11) is 0. The summed E-state index contributed by atoms with van der Waals surface area (Å²) in [5.41, 5.74) is 3.27. The third-order valence-corrected chi connectivity index (χ3v) is 4.15. The lowest BCUT2D eigenvalue weighted by molar-refractivity contribution is 0.0750. The minimum Gasteiger partial charge on any atom is -0.334 e. The fourth-order valence-corrected chi connectivity index (χ4v) is 2.81. The molecule has 0 fully saturated rings. The van der Waals surface area contributed by atoms with Crippen molar-refractivity contribution in [2.24, 2.45) is 0 Å². The summed E-state index contributed by atoms with van der Waals surface area (Å²) in [6, 6.07) is 7.33. The van der Waals surface area contributed by atoms with Gasteiger partial charge in [-0.3, -0.25) is 9.89 Å². The van der Waals surface area contributed by atoms with E-state index in [4.69, 9.17) is 4.52 Å². The fourth-order valence-electron chi connectivity index (χ4n) is 2.81. The van der Waals surface area contributed by atoms with Crippen LogP contribution in [0.2, 0.25) is 0 Å². The van der Waals surface area contributed by atoms with Gasteiger partial charge in [-0.25, -0.2) is 0 Å². The van der Waals surface area contributed by atoms with E-state index in [2.05, 4.69) is 20.3 Å². The van der Waals surface area contributed by atoms with Crippen LogP contribution >= 0.6 is 0 Å². The Morgan fingerprint density at radius 2 is 2.12 bits per heavy atom. The second-order valence-corrected chi connectivity index (χ2v) is 6.19. The van der Waals surface area contributed by atoms with Crippen molar-refractivity contribution >= 4 is 5.91 Å². The van der Waals surface area contributed by atoms with Gasteiger partial charge in [0.25, 0.3) is 11.8 Å². The molecule has 122 valence electrons. The number of hydrogen-bond acceptors (Lipinski definition) is 5. The number of fused-ring (bicyclic) bond motifs is 1. The number of carbonyl (C=O) groups excluding carboxylic acids is 1. The largest absolute Gasteiger partial charge is 0.334 e. The Hall–Kier alpha value is -2.96. The van der Waals surface area contributed by atoms with Crippen LogP contribution in [0, 0.1) is 0 Å². The Balaban J connectivity index is 1.66. The van der Waals surface area contributed by atoms with E-state index in [0.717, 1.165) is 11.3 Å². The molecule has 0 aliphatic carbocycles. The summed E-state index contributed by atoms with van der Waals surface area (Å²) in [5, 5.41) is 10.9. The van der Waals surface area contributed by atoms with Crippen molar-refractivity contribution < 1.29 is 9.32 Å². The number of hydrogen-bond donors (Lipinski definition) is 1. The van der Waals surface area contributed by atoms with Crippen LogP contribution in [0.15, 0.2) is 35.0 Å². The van der Waals surface area contributed by atoms with Gasteiger partial charge in [0, 0.05) is 18.0 Å². The second kappa shape index (κ2) is 5.59. The van der Waals surface area contributed by atoms with Gasteiger partial charge >= 0.3 is 0 Å². The molecule has 0 saturated carbocycles. The van der Waals surface area contributed by atoms with Crippen LogP contribution in [0.25, 0.3) is 11.5 Å². The van der Waals surface area contributed by atoms with E-state index in [1.165, 1.54) is 0 Å². The number of nitrogens with zero attached hydrogens (tertiary/aromatic N) is 4. The van der Waals surface area contributed by atoms with Crippen molar-refractivity contribution in [3.8, 4) is 11.5 Å². The van der Waals surface area contributed by atoms with Gasteiger partial charge in [-0.05, 0) is 12.1 Å². The molecule has 0 bridgehead atoms. The summed E-state index contributed by atoms with van der Waals surface area (Å²) in [6.07, 6.45) is 1.77. The Kier molecular flexibility index (Phi) is 3.41. The standard InChI is InChI=1S/C17H17N5O2/c1-10(2)15-19-16(24-21-15)12-5-3-4-6-13(12)17(23)22-8-11-7-18-20-14(11)9-22/h3-7,10H,8-9H2,1-2H3,(H,18,20). The number of amides is 1. The Morgan fingerprint density at radius 3 is 2.88 bits per heavy atom. The molecule has 2 aromatic heterocycles. The van der Waals surface area contributed by atoms with E-state index in [1.54, 1.807) is 17.2 Å². The van der Waals surface area contributed by atoms with Crippen LogP contribution in [-0.4, -0.2) is 31.1 Å². The smallest absolute Gasteiger partial charge is 0.258 e. The molecule has 1 amide bonds. The SMILES string of the molecule is CC(C)c1noc(-c2ccccc2C(=O)N2Cc3cn[nH]c3C2)n1. The molecule has 1 aliphatic rings. The molecule has 0 atom stereocenters. The quantitative estimate of drug-likeness (QED) is 0.800. The fraction of sp³-hybridized carbons (Fsp3) is 0.294. The van der Waals surface area contributed by atoms with Crippen molar-refractivity contribution in [1.29, 1.82) is 0 Å². The maximum absolute atomic E-state index is 13.0. The molecule has 0 spiro atoms. The molecule has 1 aliphatic heterocycles. The number of rotatable bonds is 3. The Bertz CT molecular complexity index is 875. The number of nitrogens with one attached hydrogen (secondary N) is 1. The van der Waals surface area contributed by atoms with E-state index < -0.39 is 0 Å². The highest BCUT2D eigenvalue weighted by atomic mass is 16.5. The molecule has 7 nitrogen and oxygen atoms in total. The van der Waals surface area contributed by atoms with Gasteiger partial charge in [-0.15, -0.1) is 0 Å². The number of benzene rings is 1. The monoisotopic (exact) mass is 323 g/mol. The molecule has 1 aromatic carbocycles. The van der Waals surface area contributed by atoms with E-state index in [9.17, 15) is 4.79 Å². The van der Waals surface area contributed by atoms with Crippen molar-refractivity contribution in [3.63, 3.8) is 0 Å². The van der Waals surface area contributed by atoms with Crippen LogP contribution in [0.1, 0.15) is 47.2 Å². The van der Waals surface area contributed by atoms with Crippen LogP contribution in [0.3, 0.4) is 0 Å². The van der Waals surface area contributed by atoms with E-state index >= 15 is 0 Å². The average molecular weight is 323 g/mol. The van der Waals surface area contributed by atoms with E-state index in [-0.39, 0.29) is 11.8 Å². The van der Waals surface area contributed by atoms with Gasteiger partial charge in [0.1, 0.15) is 0 Å². The first kappa shape index (κ1) is 14.6. The predicted molar refractivity (Wildman–Crippen MR) is 86.0 cm³/mol. The molecule has 24 heavy (non-hydrogen) atoms. The lowest BCUT2D eigenvalue weighted by Gasteiger charge is -2.16. The normalized spacial score (nSPS) is 13.5. The highest BCUT2D eigenvalue weighted by Crippen LogP contribution is 2.28. The Labute approximate surface area is 138 Å². The predicted octanol–water partition coefficient (Wildman–Crippen LogP) is 2.74. The molecule has 0 radical (unpaired) electrons. The summed E-state index contributed by atoms with van der Waals surface area (Å²) < 4.78 is 5.36. The third-order valence-electron chi connectivity index (χ3n) is 4.15. The zero-order chi connectivity index (χ0) is 16.7. The zero-order valence-electron chi connectivity index (χ0n) is 13.5. The molecular weight excluding hydrogens is 306 g/mol. The number of H-pyrrole nitrogens is 1. The lowest BCUT2D eigenvalue weighted by Crippen LogP contribution is -2.26. The van der Waals surface area contributed by atoms with E-state index in [0.29, 0.717) is 35.9 Å². The summed E-state index contributed by atoms with van der Waals surface area (Å²) >= 11 is 0. The van der Waals surface area contributed by atoms with Gasteiger partial charge in [-0.1, -0.05) is 31.1 Å². The highest BCUT2D eigenvalue weighted by Gasteiger charge is 2.28. The molecular formula is C17H17N5O2. The maximum atomic E-state index is 13.0. The van der Waals surface area contributed by atoms with Crippen LogP contribution in [0.5, 0.6) is 0 Å². The molecule has 0 unspecified atom stereocenters. The van der Waals surface area contributed by atoms with Crippen molar-refractivity contribution in [2.45, 2.75) is 32.9 Å². The van der Waals surface area contributed by atoms with E-state index in [1.807, 2.05) is 32.0 Å².